The molecule has 0 saturated heterocycles. The van der Waals surface area contributed by atoms with Crippen LogP contribution in [0, 0.1) is 0 Å². The van der Waals surface area contributed by atoms with Gasteiger partial charge in [0, 0.05) is 15.6 Å². The largest absolute Gasteiger partial charge is 0.501 e. The van der Waals surface area contributed by atoms with Crippen LogP contribution in [0.2, 0.25) is 0 Å². The topological polar surface area (TPSA) is 26.3 Å². The average molecular weight is 267 g/mol. The SMILES string of the molecule is O=C(C1=COCCC1)c1ccccc1Br. The minimum absolute atomic E-state index is 0.0576. The molecular formula is C12H11BrO2. The number of carbonyl (C=O) groups excluding carboxylic acids is 1. The number of hydrogen-bond donors (Lipinski definition) is 0. The van der Waals surface area contributed by atoms with Crippen molar-refractivity contribution in [3.8, 4) is 0 Å². The smallest absolute Gasteiger partial charge is 0.193 e. The molecule has 0 aliphatic carbocycles. The summed E-state index contributed by atoms with van der Waals surface area (Å²) in [6.45, 7) is 0.715. The molecule has 0 atom stereocenters. The molecule has 0 radical (unpaired) electrons. The number of halogens is 1. The van der Waals surface area contributed by atoms with E-state index in [1.807, 2.05) is 24.3 Å². The summed E-state index contributed by atoms with van der Waals surface area (Å²) in [6.07, 6.45) is 3.31. The van der Waals surface area contributed by atoms with Crippen molar-refractivity contribution in [3.05, 3.63) is 46.1 Å². The molecule has 0 aromatic heterocycles. The van der Waals surface area contributed by atoms with E-state index in [0.717, 1.165) is 22.9 Å². The molecule has 0 fully saturated rings. The maximum atomic E-state index is 12.0. The van der Waals surface area contributed by atoms with Crippen LogP contribution in [-0.4, -0.2) is 12.4 Å². The Morgan fingerprint density at radius 2 is 2.13 bits per heavy atom. The fourth-order valence-electron chi connectivity index (χ4n) is 1.55. The van der Waals surface area contributed by atoms with Crippen molar-refractivity contribution in [2.24, 2.45) is 0 Å². The minimum Gasteiger partial charge on any atom is -0.501 e. The monoisotopic (exact) mass is 266 g/mol. The van der Waals surface area contributed by atoms with Crippen molar-refractivity contribution >= 4 is 21.7 Å². The first kappa shape index (κ1) is 10.4. The predicted molar refractivity (Wildman–Crippen MR) is 61.7 cm³/mol. The zero-order chi connectivity index (χ0) is 10.7. The molecule has 0 amide bonds. The van der Waals surface area contributed by atoms with Crippen LogP contribution in [0.4, 0.5) is 0 Å². The number of rotatable bonds is 2. The van der Waals surface area contributed by atoms with Gasteiger partial charge in [0.2, 0.25) is 0 Å². The number of ether oxygens (including phenoxy) is 1. The van der Waals surface area contributed by atoms with Crippen molar-refractivity contribution in [2.75, 3.05) is 6.61 Å². The number of hydrogen-bond acceptors (Lipinski definition) is 2. The minimum atomic E-state index is 0.0576. The lowest BCUT2D eigenvalue weighted by Crippen LogP contribution is -2.09. The van der Waals surface area contributed by atoms with E-state index in [0.29, 0.717) is 12.2 Å². The summed E-state index contributed by atoms with van der Waals surface area (Å²) in [5.74, 6) is 0.0576. The molecule has 15 heavy (non-hydrogen) atoms. The van der Waals surface area contributed by atoms with Crippen molar-refractivity contribution < 1.29 is 9.53 Å². The third kappa shape index (κ3) is 2.29. The molecule has 1 aromatic rings. The number of Topliss-reactive ketones (excluding diaryl/α,β-unsaturated/α-hetero) is 1. The molecule has 0 saturated carbocycles. The molecule has 0 unspecified atom stereocenters. The van der Waals surface area contributed by atoms with Gasteiger partial charge in [0.05, 0.1) is 12.9 Å². The molecule has 1 aromatic carbocycles. The molecule has 1 heterocycles. The van der Waals surface area contributed by atoms with Gasteiger partial charge in [0.15, 0.2) is 5.78 Å². The molecule has 2 rings (SSSR count). The third-order valence-electron chi connectivity index (χ3n) is 2.34. The molecule has 3 heteroatoms. The fraction of sp³-hybridized carbons (Fsp3) is 0.250. The number of ketones is 1. The second-order valence-corrected chi connectivity index (χ2v) is 4.28. The fourth-order valence-corrected chi connectivity index (χ4v) is 2.01. The van der Waals surface area contributed by atoms with E-state index in [1.165, 1.54) is 0 Å². The van der Waals surface area contributed by atoms with Crippen LogP contribution in [0.5, 0.6) is 0 Å². The van der Waals surface area contributed by atoms with Gasteiger partial charge in [0.25, 0.3) is 0 Å². The number of benzene rings is 1. The highest BCUT2D eigenvalue weighted by Gasteiger charge is 2.16. The van der Waals surface area contributed by atoms with E-state index in [2.05, 4.69) is 15.9 Å². The van der Waals surface area contributed by atoms with Gasteiger partial charge in [-0.15, -0.1) is 0 Å². The summed E-state index contributed by atoms with van der Waals surface area (Å²) < 4.78 is 6.00. The van der Waals surface area contributed by atoms with Crippen LogP contribution < -0.4 is 0 Å². The van der Waals surface area contributed by atoms with Crippen LogP contribution in [0.3, 0.4) is 0 Å². The van der Waals surface area contributed by atoms with Gasteiger partial charge < -0.3 is 4.74 Å². The van der Waals surface area contributed by atoms with Crippen LogP contribution in [-0.2, 0) is 4.74 Å². The second-order valence-electron chi connectivity index (χ2n) is 3.43. The van der Waals surface area contributed by atoms with Crippen molar-refractivity contribution in [1.29, 1.82) is 0 Å². The van der Waals surface area contributed by atoms with Gasteiger partial charge >= 0.3 is 0 Å². The first-order valence-corrected chi connectivity index (χ1v) is 5.68. The van der Waals surface area contributed by atoms with Crippen molar-refractivity contribution in [3.63, 3.8) is 0 Å². The zero-order valence-electron chi connectivity index (χ0n) is 8.20. The summed E-state index contributed by atoms with van der Waals surface area (Å²) >= 11 is 3.37. The summed E-state index contributed by atoms with van der Waals surface area (Å²) in [5, 5.41) is 0. The normalized spacial score (nSPS) is 15.4. The van der Waals surface area contributed by atoms with Gasteiger partial charge in [-0.2, -0.15) is 0 Å². The highest BCUT2D eigenvalue weighted by atomic mass is 79.9. The lowest BCUT2D eigenvalue weighted by Gasteiger charge is -2.13. The van der Waals surface area contributed by atoms with E-state index >= 15 is 0 Å². The Morgan fingerprint density at radius 1 is 1.33 bits per heavy atom. The number of allylic oxidation sites excluding steroid dienone is 1. The lowest BCUT2D eigenvalue weighted by molar-refractivity contribution is 0.101. The Hall–Kier alpha value is -1.09. The first-order valence-electron chi connectivity index (χ1n) is 4.89. The Kier molecular flexibility index (Phi) is 3.21. The standard InChI is InChI=1S/C12H11BrO2/c13-11-6-2-1-5-10(11)12(14)9-4-3-7-15-8-9/h1-2,5-6,8H,3-4,7H2. The molecule has 78 valence electrons. The van der Waals surface area contributed by atoms with Crippen LogP contribution >= 0.6 is 15.9 Å². The quantitative estimate of drug-likeness (QED) is 0.768. The average Bonchev–Trinajstić information content (AvgIpc) is 2.30. The second kappa shape index (κ2) is 4.62. The maximum Gasteiger partial charge on any atom is 0.193 e. The van der Waals surface area contributed by atoms with Gasteiger partial charge in [-0.1, -0.05) is 28.1 Å². The van der Waals surface area contributed by atoms with E-state index in [-0.39, 0.29) is 5.78 Å². The molecule has 1 aliphatic rings. The number of carbonyl (C=O) groups is 1. The van der Waals surface area contributed by atoms with Gasteiger partial charge in [-0.25, -0.2) is 0 Å². The Morgan fingerprint density at radius 3 is 2.80 bits per heavy atom. The molecule has 0 N–H and O–H groups in total. The van der Waals surface area contributed by atoms with Crippen molar-refractivity contribution in [1.82, 2.24) is 0 Å². The van der Waals surface area contributed by atoms with Crippen molar-refractivity contribution in [2.45, 2.75) is 12.8 Å². The molecule has 2 nitrogen and oxygen atoms in total. The molecule has 1 aliphatic heterocycles. The molecular weight excluding hydrogens is 256 g/mol. The zero-order valence-corrected chi connectivity index (χ0v) is 9.79. The van der Waals surface area contributed by atoms with E-state index in [4.69, 9.17) is 4.74 Å². The van der Waals surface area contributed by atoms with Crippen LogP contribution in [0.1, 0.15) is 23.2 Å². The first-order chi connectivity index (χ1) is 7.29. The maximum absolute atomic E-state index is 12.0. The van der Waals surface area contributed by atoms with E-state index < -0.39 is 0 Å². The Bertz CT molecular complexity index is 410. The predicted octanol–water partition coefficient (Wildman–Crippen LogP) is 3.33. The van der Waals surface area contributed by atoms with Gasteiger partial charge in [-0.3, -0.25) is 4.79 Å². The Labute approximate surface area is 97.1 Å². The summed E-state index contributed by atoms with van der Waals surface area (Å²) in [4.78, 5) is 12.0. The van der Waals surface area contributed by atoms with Gasteiger partial charge in [-0.05, 0) is 25.0 Å². The molecule has 0 spiro atoms. The Balaban J connectivity index is 2.28. The highest BCUT2D eigenvalue weighted by Crippen LogP contribution is 2.22. The third-order valence-corrected chi connectivity index (χ3v) is 3.04. The highest BCUT2D eigenvalue weighted by molar-refractivity contribution is 9.10. The lowest BCUT2D eigenvalue weighted by atomic mass is 10.00. The van der Waals surface area contributed by atoms with Gasteiger partial charge in [0.1, 0.15) is 0 Å². The summed E-state index contributed by atoms with van der Waals surface area (Å²) in [6, 6.07) is 7.45. The van der Waals surface area contributed by atoms with E-state index in [1.54, 1.807) is 6.26 Å². The van der Waals surface area contributed by atoms with Crippen LogP contribution in [0.15, 0.2) is 40.6 Å². The summed E-state index contributed by atoms with van der Waals surface area (Å²) in [5.41, 5.74) is 1.46. The van der Waals surface area contributed by atoms with Crippen LogP contribution in [0.25, 0.3) is 0 Å². The van der Waals surface area contributed by atoms with E-state index in [9.17, 15) is 4.79 Å². The molecule has 0 bridgehead atoms. The summed E-state index contributed by atoms with van der Waals surface area (Å²) in [7, 11) is 0.